The molecule has 0 unspecified atom stereocenters. The number of thiazole rings is 1. The highest BCUT2D eigenvalue weighted by atomic mass is 35.5. The van der Waals surface area contributed by atoms with E-state index in [1.807, 2.05) is 24.3 Å². The zero-order valence-corrected chi connectivity index (χ0v) is 14.2. The number of hydrogen-bond acceptors (Lipinski definition) is 5. The van der Waals surface area contributed by atoms with Crippen molar-refractivity contribution >= 4 is 64.4 Å². The van der Waals surface area contributed by atoms with Gasteiger partial charge in [0.25, 0.3) is 0 Å². The number of fused-ring (bicyclic) bond motifs is 1. The van der Waals surface area contributed by atoms with Crippen LogP contribution in [0.3, 0.4) is 0 Å². The number of benzene rings is 2. The lowest BCUT2D eigenvalue weighted by molar-refractivity contribution is 0.610. The molecule has 3 nitrogen and oxygen atoms in total. The molecule has 3 rings (SSSR count). The first-order valence-corrected chi connectivity index (χ1v) is 10.1. The second-order valence-corrected chi connectivity index (χ2v) is 9.91. The number of aromatic nitrogens is 1. The van der Waals surface area contributed by atoms with Crippen LogP contribution < -0.4 is 0 Å². The monoisotopic (exact) mass is 375 g/mol. The molecule has 0 fully saturated rings. The van der Waals surface area contributed by atoms with Gasteiger partial charge in [0.2, 0.25) is 8.87 Å². The Balaban J connectivity index is 2.01. The zero-order chi connectivity index (χ0) is 15.0. The molecule has 3 aromatic rings. The molecular weight excluding hydrogens is 369 g/mol. The fourth-order valence-electron chi connectivity index (χ4n) is 1.69. The maximum atomic E-state index is 12.4. The van der Waals surface area contributed by atoms with Gasteiger partial charge in [0.15, 0.2) is 4.34 Å². The van der Waals surface area contributed by atoms with Gasteiger partial charge in [-0.15, -0.1) is 11.3 Å². The van der Waals surface area contributed by atoms with Crippen LogP contribution in [-0.4, -0.2) is 13.4 Å². The third-order valence-electron chi connectivity index (χ3n) is 2.62. The standard InChI is InChI=1S/C13H7Cl2NO2S3/c14-8-5-6-9(15)12(7-8)21(17,18)20-13-16-10-3-1-2-4-11(10)19-13/h1-7H. The van der Waals surface area contributed by atoms with Crippen molar-refractivity contribution in [1.29, 1.82) is 0 Å². The van der Waals surface area contributed by atoms with Crippen LogP contribution in [0.1, 0.15) is 0 Å². The Morgan fingerprint density at radius 3 is 2.62 bits per heavy atom. The van der Waals surface area contributed by atoms with E-state index in [1.54, 1.807) is 6.07 Å². The Labute approximate surface area is 139 Å². The molecule has 0 aliphatic rings. The van der Waals surface area contributed by atoms with Crippen molar-refractivity contribution < 1.29 is 8.42 Å². The summed E-state index contributed by atoms with van der Waals surface area (Å²) in [6.07, 6.45) is 0. The predicted molar refractivity (Wildman–Crippen MR) is 89.1 cm³/mol. The van der Waals surface area contributed by atoms with Crippen molar-refractivity contribution in [1.82, 2.24) is 4.98 Å². The van der Waals surface area contributed by atoms with E-state index in [4.69, 9.17) is 23.2 Å². The maximum Gasteiger partial charge on any atom is 0.238 e. The Morgan fingerprint density at radius 1 is 1.10 bits per heavy atom. The molecule has 2 aromatic carbocycles. The molecule has 21 heavy (non-hydrogen) atoms. The largest absolute Gasteiger partial charge is 0.238 e. The van der Waals surface area contributed by atoms with Gasteiger partial charge in [0.1, 0.15) is 0 Å². The lowest BCUT2D eigenvalue weighted by Gasteiger charge is -2.04. The van der Waals surface area contributed by atoms with Crippen LogP contribution in [-0.2, 0) is 8.87 Å². The van der Waals surface area contributed by atoms with Crippen molar-refractivity contribution in [3.63, 3.8) is 0 Å². The topological polar surface area (TPSA) is 47.0 Å². The Bertz CT molecular complexity index is 889. The molecule has 0 saturated carbocycles. The molecule has 0 amide bonds. The minimum absolute atomic E-state index is 0.000854. The van der Waals surface area contributed by atoms with Crippen LogP contribution in [0, 0.1) is 0 Å². The Kier molecular flexibility index (Phi) is 4.16. The molecule has 0 radical (unpaired) electrons. The van der Waals surface area contributed by atoms with Gasteiger partial charge in [-0.05, 0) is 30.3 Å². The fraction of sp³-hybridized carbons (Fsp3) is 0. The van der Waals surface area contributed by atoms with E-state index in [9.17, 15) is 8.42 Å². The number of halogens is 2. The SMILES string of the molecule is O=S(=O)(Sc1nc2ccccc2s1)c1cc(Cl)ccc1Cl. The summed E-state index contributed by atoms with van der Waals surface area (Å²) in [5.41, 5.74) is 0.775. The fourth-order valence-corrected chi connectivity index (χ4v) is 7.05. The summed E-state index contributed by atoms with van der Waals surface area (Å²) in [4.78, 5) is 4.30. The van der Waals surface area contributed by atoms with Gasteiger partial charge in [0, 0.05) is 15.8 Å². The molecule has 0 aliphatic carbocycles. The lowest BCUT2D eigenvalue weighted by Crippen LogP contribution is -1.96. The van der Waals surface area contributed by atoms with Crippen LogP contribution in [0.5, 0.6) is 0 Å². The average Bonchev–Trinajstić information content (AvgIpc) is 2.82. The third kappa shape index (κ3) is 3.19. The number of rotatable bonds is 3. The van der Waals surface area contributed by atoms with E-state index >= 15 is 0 Å². The lowest BCUT2D eigenvalue weighted by atomic mass is 10.3. The van der Waals surface area contributed by atoms with Crippen molar-refractivity contribution in [3.8, 4) is 0 Å². The number of nitrogens with zero attached hydrogens (tertiary/aromatic N) is 1. The first-order valence-electron chi connectivity index (χ1n) is 5.71. The van der Waals surface area contributed by atoms with Crippen LogP contribution >= 0.6 is 45.3 Å². The van der Waals surface area contributed by atoms with Gasteiger partial charge < -0.3 is 0 Å². The van der Waals surface area contributed by atoms with Crippen molar-refractivity contribution in [2.24, 2.45) is 0 Å². The highest BCUT2D eigenvalue weighted by Gasteiger charge is 2.22. The first-order chi connectivity index (χ1) is 9.95. The van der Waals surface area contributed by atoms with Crippen molar-refractivity contribution in [3.05, 3.63) is 52.5 Å². The molecular formula is C13H7Cl2NO2S3. The molecule has 1 aromatic heterocycles. The Morgan fingerprint density at radius 2 is 1.86 bits per heavy atom. The molecule has 0 spiro atoms. The van der Waals surface area contributed by atoms with Gasteiger partial charge in [-0.2, -0.15) is 0 Å². The average molecular weight is 376 g/mol. The quantitative estimate of drug-likeness (QED) is 0.598. The summed E-state index contributed by atoms with van der Waals surface area (Å²) in [6.45, 7) is 0. The summed E-state index contributed by atoms with van der Waals surface area (Å²) >= 11 is 13.1. The molecule has 0 N–H and O–H groups in total. The third-order valence-corrected chi connectivity index (χ3v) is 7.94. The summed E-state index contributed by atoms with van der Waals surface area (Å²) < 4.78 is 26.3. The molecule has 108 valence electrons. The van der Waals surface area contributed by atoms with Gasteiger partial charge in [0.05, 0.1) is 20.1 Å². The minimum Gasteiger partial charge on any atom is -0.229 e. The summed E-state index contributed by atoms with van der Waals surface area (Å²) in [6, 6.07) is 11.8. The van der Waals surface area contributed by atoms with E-state index < -0.39 is 8.87 Å². The molecule has 8 heteroatoms. The van der Waals surface area contributed by atoms with E-state index in [1.165, 1.54) is 23.5 Å². The smallest absolute Gasteiger partial charge is 0.229 e. The molecule has 0 atom stereocenters. The summed E-state index contributed by atoms with van der Waals surface area (Å²) in [7, 11) is -2.98. The molecule has 0 bridgehead atoms. The van der Waals surface area contributed by atoms with Gasteiger partial charge in [-0.3, -0.25) is 0 Å². The number of hydrogen-bond donors (Lipinski definition) is 0. The minimum atomic E-state index is -3.67. The van der Waals surface area contributed by atoms with E-state index in [0.29, 0.717) is 20.2 Å². The van der Waals surface area contributed by atoms with Gasteiger partial charge in [-0.1, -0.05) is 35.3 Å². The van der Waals surface area contributed by atoms with E-state index in [2.05, 4.69) is 4.98 Å². The predicted octanol–water partition coefficient (Wildman–Crippen LogP) is 5.08. The van der Waals surface area contributed by atoms with Gasteiger partial charge in [-0.25, -0.2) is 13.4 Å². The van der Waals surface area contributed by atoms with Crippen molar-refractivity contribution in [2.75, 3.05) is 0 Å². The normalized spacial score (nSPS) is 11.9. The van der Waals surface area contributed by atoms with Crippen molar-refractivity contribution in [2.45, 2.75) is 9.24 Å². The molecule has 0 saturated heterocycles. The second kappa shape index (κ2) is 5.78. The van der Waals surface area contributed by atoms with Crippen LogP contribution in [0.4, 0.5) is 0 Å². The maximum absolute atomic E-state index is 12.4. The molecule has 1 heterocycles. The van der Waals surface area contributed by atoms with E-state index in [-0.39, 0.29) is 9.92 Å². The number of para-hydroxylation sites is 1. The zero-order valence-electron chi connectivity index (χ0n) is 10.3. The Hall–Kier alpha value is -0.790. The van der Waals surface area contributed by atoms with Crippen LogP contribution in [0.15, 0.2) is 51.7 Å². The highest BCUT2D eigenvalue weighted by Crippen LogP contribution is 2.38. The van der Waals surface area contributed by atoms with Crippen LogP contribution in [0.2, 0.25) is 10.0 Å². The second-order valence-electron chi connectivity index (χ2n) is 4.06. The van der Waals surface area contributed by atoms with Crippen LogP contribution in [0.25, 0.3) is 10.2 Å². The molecule has 0 aliphatic heterocycles. The summed E-state index contributed by atoms with van der Waals surface area (Å²) in [5.74, 6) is 0. The van der Waals surface area contributed by atoms with E-state index in [0.717, 1.165) is 10.2 Å². The first kappa shape index (κ1) is 15.1. The summed E-state index contributed by atoms with van der Waals surface area (Å²) in [5, 5.41) is 0.468. The highest BCUT2D eigenvalue weighted by molar-refractivity contribution is 8.72. The van der Waals surface area contributed by atoms with Gasteiger partial charge >= 0.3 is 0 Å².